The molecule has 0 amide bonds. The summed E-state index contributed by atoms with van der Waals surface area (Å²) in [6.45, 7) is 0.825. The fourth-order valence-corrected chi connectivity index (χ4v) is 2.97. The van der Waals surface area contributed by atoms with Crippen LogP contribution < -0.4 is 5.32 Å². The Bertz CT molecular complexity index is 401. The standard InChI is InChI=1S/C12H13ClFNOS/c13-9-2-1-3-10(14)8(9)6-12(16)11-7-17-5-4-15-11/h1-3,11,15H,4-7H2. The molecule has 0 aliphatic carbocycles. The first kappa shape index (κ1) is 12.9. The Morgan fingerprint density at radius 2 is 2.41 bits per heavy atom. The molecule has 1 aromatic rings. The number of hydrogen-bond acceptors (Lipinski definition) is 3. The molecule has 1 aromatic carbocycles. The molecule has 0 spiro atoms. The van der Waals surface area contributed by atoms with Crippen LogP contribution in [0.1, 0.15) is 5.56 Å². The number of carbonyl (C=O) groups excluding carboxylic acids is 1. The third kappa shape index (κ3) is 3.21. The van der Waals surface area contributed by atoms with E-state index in [9.17, 15) is 9.18 Å². The Morgan fingerprint density at radius 3 is 3.06 bits per heavy atom. The first-order valence-corrected chi connectivity index (χ1v) is 6.98. The zero-order valence-electron chi connectivity index (χ0n) is 9.21. The molecule has 0 radical (unpaired) electrons. The van der Waals surface area contributed by atoms with E-state index in [2.05, 4.69) is 5.32 Å². The zero-order valence-corrected chi connectivity index (χ0v) is 10.8. The molecule has 1 heterocycles. The van der Waals surface area contributed by atoms with Crippen molar-refractivity contribution in [3.8, 4) is 0 Å². The summed E-state index contributed by atoms with van der Waals surface area (Å²) in [5.74, 6) is 1.37. The molecule has 0 aromatic heterocycles. The number of Topliss-reactive ketones (excluding diaryl/α,β-unsaturated/α-hetero) is 1. The SMILES string of the molecule is O=C(Cc1c(F)cccc1Cl)C1CSCCN1. The minimum Gasteiger partial charge on any atom is -0.306 e. The molecule has 17 heavy (non-hydrogen) atoms. The minimum absolute atomic E-state index is 0.00389. The Balaban J connectivity index is 2.07. The summed E-state index contributed by atoms with van der Waals surface area (Å²) in [5, 5.41) is 3.46. The van der Waals surface area contributed by atoms with E-state index in [1.807, 2.05) is 0 Å². The van der Waals surface area contributed by atoms with Crippen LogP contribution in [0.3, 0.4) is 0 Å². The maximum atomic E-state index is 13.5. The minimum atomic E-state index is -0.408. The van der Waals surface area contributed by atoms with Crippen molar-refractivity contribution in [1.82, 2.24) is 5.32 Å². The summed E-state index contributed by atoms with van der Waals surface area (Å²) in [7, 11) is 0. The van der Waals surface area contributed by atoms with Crippen molar-refractivity contribution in [3.63, 3.8) is 0 Å². The van der Waals surface area contributed by atoms with Gasteiger partial charge < -0.3 is 5.32 Å². The van der Waals surface area contributed by atoms with Gasteiger partial charge >= 0.3 is 0 Å². The van der Waals surface area contributed by atoms with Gasteiger partial charge in [0.25, 0.3) is 0 Å². The van der Waals surface area contributed by atoms with Crippen molar-refractivity contribution in [2.75, 3.05) is 18.1 Å². The Hall–Kier alpha value is -0.580. The number of halogens is 2. The summed E-state index contributed by atoms with van der Waals surface area (Å²) in [5.41, 5.74) is 0.302. The van der Waals surface area contributed by atoms with E-state index in [1.54, 1.807) is 23.9 Å². The maximum Gasteiger partial charge on any atom is 0.155 e. The van der Waals surface area contributed by atoms with Gasteiger partial charge in [0.1, 0.15) is 5.82 Å². The summed E-state index contributed by atoms with van der Waals surface area (Å²) in [6, 6.07) is 4.30. The van der Waals surface area contributed by atoms with Crippen molar-refractivity contribution in [2.24, 2.45) is 0 Å². The van der Waals surface area contributed by atoms with Gasteiger partial charge in [0, 0.05) is 35.1 Å². The molecule has 1 fully saturated rings. The van der Waals surface area contributed by atoms with E-state index in [0.29, 0.717) is 10.6 Å². The monoisotopic (exact) mass is 273 g/mol. The molecule has 1 aliphatic rings. The molecule has 1 atom stereocenters. The van der Waals surface area contributed by atoms with Gasteiger partial charge in [0.15, 0.2) is 5.78 Å². The van der Waals surface area contributed by atoms with Crippen LogP contribution in [-0.4, -0.2) is 29.9 Å². The zero-order chi connectivity index (χ0) is 12.3. The second-order valence-corrected chi connectivity index (χ2v) is 5.48. The van der Waals surface area contributed by atoms with E-state index in [1.165, 1.54) is 6.07 Å². The number of thioether (sulfide) groups is 1. The van der Waals surface area contributed by atoms with Crippen molar-refractivity contribution < 1.29 is 9.18 Å². The van der Waals surface area contributed by atoms with Gasteiger partial charge in [-0.25, -0.2) is 4.39 Å². The lowest BCUT2D eigenvalue weighted by Gasteiger charge is -2.22. The van der Waals surface area contributed by atoms with Crippen molar-refractivity contribution in [3.05, 3.63) is 34.6 Å². The highest BCUT2D eigenvalue weighted by Gasteiger charge is 2.22. The molecule has 2 nitrogen and oxygen atoms in total. The normalized spacial score (nSPS) is 20.2. The smallest absolute Gasteiger partial charge is 0.155 e. The summed E-state index contributed by atoms with van der Waals surface area (Å²) < 4.78 is 13.5. The molecule has 0 bridgehead atoms. The molecular weight excluding hydrogens is 261 g/mol. The van der Waals surface area contributed by atoms with Crippen LogP contribution in [0.15, 0.2) is 18.2 Å². The van der Waals surface area contributed by atoms with Crippen molar-refractivity contribution >= 4 is 29.1 Å². The third-order valence-electron chi connectivity index (χ3n) is 2.72. The second-order valence-electron chi connectivity index (χ2n) is 3.92. The first-order chi connectivity index (χ1) is 8.18. The lowest BCUT2D eigenvalue weighted by Crippen LogP contribution is -2.44. The van der Waals surface area contributed by atoms with Crippen LogP contribution in [0.25, 0.3) is 0 Å². The largest absolute Gasteiger partial charge is 0.306 e. The third-order valence-corrected chi connectivity index (χ3v) is 4.14. The number of rotatable bonds is 3. The van der Waals surface area contributed by atoms with E-state index < -0.39 is 5.82 Å². The van der Waals surface area contributed by atoms with E-state index in [0.717, 1.165) is 18.1 Å². The summed E-state index contributed by atoms with van der Waals surface area (Å²) >= 11 is 7.63. The maximum absolute atomic E-state index is 13.5. The topological polar surface area (TPSA) is 29.1 Å². The van der Waals surface area contributed by atoms with Crippen LogP contribution in [0.4, 0.5) is 4.39 Å². The van der Waals surface area contributed by atoms with Crippen LogP contribution in [0.5, 0.6) is 0 Å². The molecule has 1 aliphatic heterocycles. The average molecular weight is 274 g/mol. The van der Waals surface area contributed by atoms with Gasteiger partial charge in [-0.1, -0.05) is 17.7 Å². The summed E-state index contributed by atoms with van der Waals surface area (Å²) in [4.78, 5) is 12.0. The Morgan fingerprint density at radius 1 is 1.59 bits per heavy atom. The Labute approximate surface area is 109 Å². The number of benzene rings is 1. The quantitative estimate of drug-likeness (QED) is 0.916. The van der Waals surface area contributed by atoms with Crippen LogP contribution >= 0.6 is 23.4 Å². The van der Waals surface area contributed by atoms with Crippen LogP contribution in [0.2, 0.25) is 5.02 Å². The first-order valence-electron chi connectivity index (χ1n) is 5.45. The fraction of sp³-hybridized carbons (Fsp3) is 0.417. The van der Waals surface area contributed by atoms with E-state index in [4.69, 9.17) is 11.6 Å². The predicted molar refractivity (Wildman–Crippen MR) is 69.2 cm³/mol. The van der Waals surface area contributed by atoms with Gasteiger partial charge in [-0.05, 0) is 12.1 Å². The van der Waals surface area contributed by atoms with Crippen LogP contribution in [0, 0.1) is 5.82 Å². The van der Waals surface area contributed by atoms with Crippen molar-refractivity contribution in [2.45, 2.75) is 12.5 Å². The van der Waals surface area contributed by atoms with E-state index >= 15 is 0 Å². The Kier molecular flexibility index (Phi) is 4.42. The van der Waals surface area contributed by atoms with Gasteiger partial charge in [-0.15, -0.1) is 0 Å². The van der Waals surface area contributed by atoms with E-state index in [-0.39, 0.29) is 18.2 Å². The van der Waals surface area contributed by atoms with Gasteiger partial charge in [0.05, 0.1) is 6.04 Å². The molecule has 1 N–H and O–H groups in total. The highest BCUT2D eigenvalue weighted by Crippen LogP contribution is 2.21. The number of carbonyl (C=O) groups is 1. The van der Waals surface area contributed by atoms with Crippen LogP contribution in [-0.2, 0) is 11.2 Å². The van der Waals surface area contributed by atoms with Gasteiger partial charge in [-0.3, -0.25) is 4.79 Å². The molecule has 92 valence electrons. The number of hydrogen-bond donors (Lipinski definition) is 1. The number of nitrogens with one attached hydrogen (secondary N) is 1. The van der Waals surface area contributed by atoms with Gasteiger partial charge in [0.2, 0.25) is 0 Å². The molecular formula is C12H13ClFNOS. The average Bonchev–Trinajstić information content (AvgIpc) is 2.35. The van der Waals surface area contributed by atoms with Gasteiger partial charge in [-0.2, -0.15) is 11.8 Å². The predicted octanol–water partition coefficient (Wildman–Crippen LogP) is 2.30. The second kappa shape index (κ2) is 5.85. The van der Waals surface area contributed by atoms with Crippen molar-refractivity contribution in [1.29, 1.82) is 0 Å². The highest BCUT2D eigenvalue weighted by molar-refractivity contribution is 7.99. The number of ketones is 1. The molecule has 1 saturated heterocycles. The molecule has 5 heteroatoms. The summed E-state index contributed by atoms with van der Waals surface area (Å²) in [6.07, 6.45) is 0.0593. The molecule has 1 unspecified atom stereocenters. The lowest BCUT2D eigenvalue weighted by molar-refractivity contribution is -0.120. The highest BCUT2D eigenvalue weighted by atomic mass is 35.5. The molecule has 0 saturated carbocycles. The fourth-order valence-electron chi connectivity index (χ4n) is 1.77. The molecule has 2 rings (SSSR count). The lowest BCUT2D eigenvalue weighted by atomic mass is 10.0.